The van der Waals surface area contributed by atoms with Crippen molar-refractivity contribution in [2.24, 2.45) is 4.99 Å². The molecule has 8 heteroatoms. The third kappa shape index (κ3) is 5.00. The van der Waals surface area contributed by atoms with E-state index in [-0.39, 0.29) is 36.3 Å². The van der Waals surface area contributed by atoms with Crippen molar-refractivity contribution < 1.29 is 13.2 Å². The molecule has 1 fully saturated rings. The number of piperazine rings is 1. The van der Waals surface area contributed by atoms with Crippen LogP contribution in [0.15, 0.2) is 40.2 Å². The van der Waals surface area contributed by atoms with E-state index in [1.807, 2.05) is 37.5 Å². The second-order valence-corrected chi connectivity index (χ2v) is 9.74. The number of hydrogen-bond donors (Lipinski definition) is 1. The smallest absolute Gasteiger partial charge is 0.242 e. The number of carbonyl (C=O) groups is 1. The Morgan fingerprint density at radius 3 is 2.41 bits per heavy atom. The maximum Gasteiger partial charge on any atom is 0.242 e. The van der Waals surface area contributed by atoms with Crippen molar-refractivity contribution in [2.75, 3.05) is 32.4 Å². The Morgan fingerprint density at radius 2 is 1.89 bits per heavy atom. The van der Waals surface area contributed by atoms with Crippen LogP contribution < -0.4 is 5.32 Å². The molecule has 150 valence electrons. The van der Waals surface area contributed by atoms with E-state index in [0.717, 1.165) is 0 Å². The molecule has 1 aliphatic rings. The van der Waals surface area contributed by atoms with Gasteiger partial charge in [-0.3, -0.25) is 9.79 Å². The highest BCUT2D eigenvalue weighted by Gasteiger charge is 2.40. The Morgan fingerprint density at radius 1 is 1.26 bits per heavy atom. The summed E-state index contributed by atoms with van der Waals surface area (Å²) in [5.74, 6) is 0.545. The summed E-state index contributed by atoms with van der Waals surface area (Å²) in [6.07, 6.45) is 0. The summed E-state index contributed by atoms with van der Waals surface area (Å²) in [6.45, 7) is 9.17. The van der Waals surface area contributed by atoms with Gasteiger partial charge < -0.3 is 15.1 Å². The van der Waals surface area contributed by atoms with Gasteiger partial charge in [0.05, 0.1) is 22.7 Å². The molecule has 1 N–H and O–H groups in total. The molecule has 1 aromatic carbocycles. The summed E-state index contributed by atoms with van der Waals surface area (Å²) >= 11 is 0. The van der Waals surface area contributed by atoms with Crippen LogP contribution in [0.1, 0.15) is 27.7 Å². The topological polar surface area (TPSA) is 82.1 Å². The zero-order valence-electron chi connectivity index (χ0n) is 16.8. The first-order valence-corrected chi connectivity index (χ1v) is 10.8. The van der Waals surface area contributed by atoms with E-state index in [2.05, 4.69) is 10.3 Å². The molecule has 2 rings (SSSR count). The molecule has 1 amide bonds. The van der Waals surface area contributed by atoms with E-state index in [1.165, 1.54) is 0 Å². The molecule has 1 aliphatic heterocycles. The summed E-state index contributed by atoms with van der Waals surface area (Å²) in [4.78, 5) is 20.9. The first-order valence-electron chi connectivity index (χ1n) is 9.14. The lowest BCUT2D eigenvalue weighted by atomic mass is 9.96. The highest BCUT2D eigenvalue weighted by Crippen LogP contribution is 2.24. The molecule has 1 heterocycles. The van der Waals surface area contributed by atoms with E-state index in [4.69, 9.17) is 0 Å². The number of nitrogens with zero attached hydrogens (tertiary/aromatic N) is 3. The Bertz CT molecular complexity index is 788. The molecule has 1 saturated heterocycles. The van der Waals surface area contributed by atoms with Crippen LogP contribution in [0.5, 0.6) is 0 Å². The molecule has 0 aliphatic carbocycles. The maximum absolute atomic E-state index is 12.6. The Hall–Kier alpha value is -2.09. The van der Waals surface area contributed by atoms with Gasteiger partial charge >= 0.3 is 0 Å². The van der Waals surface area contributed by atoms with Crippen LogP contribution in [0.2, 0.25) is 0 Å². The number of benzene rings is 1. The van der Waals surface area contributed by atoms with Gasteiger partial charge in [0.1, 0.15) is 0 Å². The fraction of sp³-hybridized carbons (Fsp3) is 0.579. The molecule has 0 unspecified atom stereocenters. The summed E-state index contributed by atoms with van der Waals surface area (Å²) in [5, 5.41) is 3.09. The summed E-state index contributed by atoms with van der Waals surface area (Å²) < 4.78 is 24.8. The molecular weight excluding hydrogens is 364 g/mol. The van der Waals surface area contributed by atoms with Gasteiger partial charge in [-0.15, -0.1) is 0 Å². The van der Waals surface area contributed by atoms with Crippen molar-refractivity contribution in [3.8, 4) is 0 Å². The van der Waals surface area contributed by atoms with Crippen LogP contribution in [-0.2, 0) is 14.6 Å². The van der Waals surface area contributed by atoms with Crippen molar-refractivity contribution in [1.29, 1.82) is 0 Å². The second-order valence-electron chi connectivity index (χ2n) is 7.63. The van der Waals surface area contributed by atoms with E-state index < -0.39 is 9.84 Å². The van der Waals surface area contributed by atoms with Crippen molar-refractivity contribution >= 4 is 21.7 Å². The van der Waals surface area contributed by atoms with E-state index in [1.54, 1.807) is 37.4 Å². The second kappa shape index (κ2) is 8.29. The predicted molar refractivity (Wildman–Crippen MR) is 107 cm³/mol. The monoisotopic (exact) mass is 394 g/mol. The Balaban J connectivity index is 2.01. The third-order valence-electron chi connectivity index (χ3n) is 4.61. The van der Waals surface area contributed by atoms with Crippen molar-refractivity contribution in [3.05, 3.63) is 30.3 Å². The lowest BCUT2D eigenvalue weighted by Crippen LogP contribution is -2.66. The average Bonchev–Trinajstić information content (AvgIpc) is 2.57. The molecule has 0 radical (unpaired) electrons. The Kier molecular flexibility index (Phi) is 6.51. The molecular formula is C19H30N4O3S. The Labute approximate surface area is 162 Å². The van der Waals surface area contributed by atoms with Crippen LogP contribution in [-0.4, -0.2) is 74.1 Å². The number of sulfone groups is 1. The van der Waals surface area contributed by atoms with Crippen molar-refractivity contribution in [3.63, 3.8) is 0 Å². The number of aliphatic imine (C=N–C) groups is 1. The maximum atomic E-state index is 12.6. The molecule has 7 nitrogen and oxygen atoms in total. The van der Waals surface area contributed by atoms with Gasteiger partial charge in [0, 0.05) is 26.2 Å². The number of hydrogen-bond acceptors (Lipinski definition) is 4. The molecule has 0 aromatic heterocycles. The summed E-state index contributed by atoms with van der Waals surface area (Å²) in [5.41, 5.74) is -0.336. The fourth-order valence-corrected chi connectivity index (χ4v) is 4.87. The molecule has 0 spiro atoms. The van der Waals surface area contributed by atoms with Gasteiger partial charge in [-0.05, 0) is 39.8 Å². The van der Waals surface area contributed by atoms with E-state index in [9.17, 15) is 13.2 Å². The van der Waals surface area contributed by atoms with Crippen LogP contribution in [0.25, 0.3) is 0 Å². The molecule has 0 saturated carbocycles. The number of nitrogens with one attached hydrogen (secondary N) is 1. The normalized spacial score (nSPS) is 18.1. The quantitative estimate of drug-likeness (QED) is 0.602. The van der Waals surface area contributed by atoms with Crippen LogP contribution in [0.4, 0.5) is 0 Å². The largest absolute Gasteiger partial charge is 0.355 e. The third-order valence-corrected chi connectivity index (χ3v) is 6.34. The van der Waals surface area contributed by atoms with Gasteiger partial charge in [-0.2, -0.15) is 0 Å². The number of guanidine groups is 1. The van der Waals surface area contributed by atoms with Gasteiger partial charge in [0.2, 0.25) is 5.91 Å². The van der Waals surface area contributed by atoms with Crippen molar-refractivity contribution in [2.45, 2.75) is 44.2 Å². The molecule has 0 atom stereocenters. The number of rotatable bonds is 5. The van der Waals surface area contributed by atoms with Gasteiger partial charge in [-0.1, -0.05) is 18.2 Å². The standard InChI is InChI=1S/C19H30N4O3S/c1-15(2)23-17(24)13-22(14-19(23,3)4)18(20-5)21-11-12-27(25,26)16-9-7-6-8-10-16/h6-10,15H,11-14H2,1-5H3,(H,20,21). The van der Waals surface area contributed by atoms with Gasteiger partial charge in [0.15, 0.2) is 15.8 Å². The fourth-order valence-electron chi connectivity index (χ4n) is 3.69. The number of carbonyl (C=O) groups excluding carboxylic acids is 1. The van der Waals surface area contributed by atoms with Gasteiger partial charge in [-0.25, -0.2) is 8.42 Å². The first kappa shape index (κ1) is 21.2. The minimum atomic E-state index is -3.36. The SMILES string of the molecule is CN=C(NCCS(=O)(=O)c1ccccc1)N1CC(=O)N(C(C)C)C(C)(C)C1. The van der Waals surface area contributed by atoms with Gasteiger partial charge in [0.25, 0.3) is 0 Å². The minimum absolute atomic E-state index is 0.0423. The van der Waals surface area contributed by atoms with E-state index >= 15 is 0 Å². The lowest BCUT2D eigenvalue weighted by Gasteiger charge is -2.49. The zero-order chi connectivity index (χ0) is 20.2. The summed E-state index contributed by atoms with van der Waals surface area (Å²) in [6, 6.07) is 8.52. The molecule has 1 aromatic rings. The number of amides is 1. The summed E-state index contributed by atoms with van der Waals surface area (Å²) in [7, 11) is -1.72. The highest BCUT2D eigenvalue weighted by molar-refractivity contribution is 7.91. The van der Waals surface area contributed by atoms with Crippen LogP contribution in [0.3, 0.4) is 0 Å². The molecule has 0 bridgehead atoms. The van der Waals surface area contributed by atoms with Crippen LogP contribution >= 0.6 is 0 Å². The van der Waals surface area contributed by atoms with E-state index in [0.29, 0.717) is 17.4 Å². The first-order chi connectivity index (χ1) is 12.6. The molecule has 27 heavy (non-hydrogen) atoms. The highest BCUT2D eigenvalue weighted by atomic mass is 32.2. The zero-order valence-corrected chi connectivity index (χ0v) is 17.6. The average molecular weight is 395 g/mol. The lowest BCUT2D eigenvalue weighted by molar-refractivity contribution is -0.145. The minimum Gasteiger partial charge on any atom is -0.355 e. The van der Waals surface area contributed by atoms with Crippen LogP contribution in [0, 0.1) is 0 Å². The van der Waals surface area contributed by atoms with Crippen molar-refractivity contribution in [1.82, 2.24) is 15.1 Å². The predicted octanol–water partition coefficient (Wildman–Crippen LogP) is 1.37.